The minimum absolute atomic E-state index is 0. The van der Waals surface area contributed by atoms with Crippen molar-refractivity contribution in [1.82, 2.24) is 9.29 Å². The van der Waals surface area contributed by atoms with E-state index in [4.69, 9.17) is 9.15 Å². The van der Waals surface area contributed by atoms with Crippen molar-refractivity contribution in [2.45, 2.75) is 25.4 Å². The fourth-order valence-corrected chi connectivity index (χ4v) is 4.96. The third-order valence-electron chi connectivity index (χ3n) is 5.37. The molecule has 1 saturated carbocycles. The van der Waals surface area contributed by atoms with E-state index in [1.807, 2.05) is 0 Å². The molecule has 1 N–H and O–H groups in total. The lowest BCUT2D eigenvalue weighted by atomic mass is 9.57. The Morgan fingerprint density at radius 2 is 2.21 bits per heavy atom. The molecule has 1 spiro atoms. The van der Waals surface area contributed by atoms with Crippen molar-refractivity contribution in [2.75, 3.05) is 24.7 Å². The zero-order chi connectivity index (χ0) is 19.9. The van der Waals surface area contributed by atoms with Gasteiger partial charge in [-0.3, -0.25) is 5.32 Å². The Hall–Kier alpha value is -2.46. The lowest BCUT2D eigenvalue weighted by Gasteiger charge is -2.58. The molecule has 0 radical (unpaired) electrons. The highest BCUT2D eigenvalue weighted by molar-refractivity contribution is 7.88. The summed E-state index contributed by atoms with van der Waals surface area (Å²) in [5.41, 5.74) is 0.871. The molecule has 152 valence electrons. The van der Waals surface area contributed by atoms with Crippen molar-refractivity contribution in [3.8, 4) is 0 Å². The Labute approximate surface area is 163 Å². The first-order valence-corrected chi connectivity index (χ1v) is 10.6. The summed E-state index contributed by atoms with van der Waals surface area (Å²) in [5, 5.41) is 2.47. The molecule has 2 aromatic rings. The van der Waals surface area contributed by atoms with E-state index in [9.17, 15) is 17.6 Å². The maximum atomic E-state index is 14.5. The molecule has 8 nitrogen and oxygen atoms in total. The highest BCUT2D eigenvalue weighted by Gasteiger charge is 2.55. The zero-order valence-corrected chi connectivity index (χ0v) is 16.0. The van der Waals surface area contributed by atoms with Gasteiger partial charge >= 0.3 is 6.09 Å². The van der Waals surface area contributed by atoms with Gasteiger partial charge in [-0.2, -0.15) is 0 Å². The van der Waals surface area contributed by atoms with Crippen LogP contribution < -0.4 is 5.32 Å². The van der Waals surface area contributed by atoms with E-state index in [-0.39, 0.29) is 19.4 Å². The number of sulfonamides is 1. The largest absolute Gasteiger partial charge is 0.445 e. The molecule has 2 heterocycles. The van der Waals surface area contributed by atoms with Crippen LogP contribution in [0.2, 0.25) is 0 Å². The van der Waals surface area contributed by atoms with Gasteiger partial charge in [0.15, 0.2) is 18.8 Å². The number of aromatic nitrogens is 1. The fourth-order valence-electron chi connectivity index (χ4n) is 3.94. The number of halogens is 1. The number of benzene rings is 1. The van der Waals surface area contributed by atoms with Gasteiger partial charge in [-0.25, -0.2) is 26.9 Å². The second-order valence-corrected chi connectivity index (χ2v) is 9.52. The molecule has 2 fully saturated rings. The highest BCUT2D eigenvalue weighted by Crippen LogP contribution is 2.56. The van der Waals surface area contributed by atoms with E-state index in [0.717, 1.165) is 12.8 Å². The van der Waals surface area contributed by atoms with Crippen LogP contribution in [0.4, 0.5) is 14.9 Å². The standard InChI is InChI=1S/C18H20FN3O5S.H2/c1-28(24,25)22-9-18(10-22)5-12(6-18)15-3-2-13(4-16(15)19)21-17(23)26-8-14-7-20-11-27-14;/h2-4,7,11-12H,5-6,8-10H2,1H3,(H,21,23);1H. The Kier molecular flexibility index (Phi) is 4.62. The third kappa shape index (κ3) is 3.74. The van der Waals surface area contributed by atoms with Crippen LogP contribution in [-0.2, 0) is 21.4 Å². The molecule has 1 aromatic carbocycles. The van der Waals surface area contributed by atoms with Crippen molar-refractivity contribution >= 4 is 21.8 Å². The van der Waals surface area contributed by atoms with Crippen LogP contribution in [0.5, 0.6) is 0 Å². The first kappa shape index (κ1) is 18.9. The van der Waals surface area contributed by atoms with E-state index in [0.29, 0.717) is 30.1 Å². The normalized spacial score (nSPS) is 19.1. The van der Waals surface area contributed by atoms with Gasteiger partial charge in [0, 0.05) is 20.2 Å². The highest BCUT2D eigenvalue weighted by atomic mass is 32.2. The predicted octanol–water partition coefficient (Wildman–Crippen LogP) is 2.95. The first-order valence-electron chi connectivity index (χ1n) is 8.80. The third-order valence-corrected chi connectivity index (χ3v) is 6.56. The number of anilines is 1. The maximum Gasteiger partial charge on any atom is 0.412 e. The van der Waals surface area contributed by atoms with Gasteiger partial charge in [0.25, 0.3) is 0 Å². The van der Waals surface area contributed by atoms with Gasteiger partial charge in [-0.15, -0.1) is 0 Å². The summed E-state index contributed by atoms with van der Waals surface area (Å²) >= 11 is 0. The molecule has 1 aliphatic carbocycles. The average Bonchev–Trinajstić information content (AvgIpc) is 3.04. The number of hydrogen-bond donors (Lipinski definition) is 1. The van der Waals surface area contributed by atoms with Gasteiger partial charge in [0.2, 0.25) is 10.0 Å². The Morgan fingerprint density at radius 3 is 2.82 bits per heavy atom. The van der Waals surface area contributed by atoms with Crippen LogP contribution in [0.1, 0.15) is 31.5 Å². The molecule has 1 aliphatic heterocycles. The molecular weight excluding hydrogens is 389 g/mol. The summed E-state index contributed by atoms with van der Waals surface area (Å²) in [6, 6.07) is 4.55. The smallest absolute Gasteiger partial charge is 0.412 e. The quantitative estimate of drug-likeness (QED) is 0.812. The fraction of sp³-hybridized carbons (Fsp3) is 0.444. The second kappa shape index (κ2) is 6.85. The van der Waals surface area contributed by atoms with Crippen molar-refractivity contribution in [3.63, 3.8) is 0 Å². The Balaban J connectivity index is 0.00000240. The summed E-state index contributed by atoms with van der Waals surface area (Å²) in [4.78, 5) is 15.5. The molecule has 10 heteroatoms. The van der Waals surface area contributed by atoms with Crippen LogP contribution in [0.3, 0.4) is 0 Å². The van der Waals surface area contributed by atoms with E-state index >= 15 is 0 Å². The SMILES string of the molecule is CS(=O)(=O)N1CC2(CC(c3ccc(NC(=O)OCc4cnco4)cc3F)C2)C1.[HH]. The van der Waals surface area contributed by atoms with Gasteiger partial charge in [-0.05, 0) is 41.9 Å². The summed E-state index contributed by atoms with van der Waals surface area (Å²) in [5.74, 6) is 0.0716. The topological polar surface area (TPSA) is 102 Å². The van der Waals surface area contributed by atoms with Crippen LogP contribution >= 0.6 is 0 Å². The molecule has 0 atom stereocenters. The van der Waals surface area contributed by atoms with Gasteiger partial charge in [0.1, 0.15) is 5.82 Å². The van der Waals surface area contributed by atoms with E-state index in [1.54, 1.807) is 12.1 Å². The number of nitrogens with zero attached hydrogens (tertiary/aromatic N) is 2. The predicted molar refractivity (Wildman–Crippen MR) is 99.6 cm³/mol. The molecule has 1 saturated heterocycles. The summed E-state index contributed by atoms with van der Waals surface area (Å²) in [6.45, 7) is 0.961. The van der Waals surface area contributed by atoms with Crippen LogP contribution in [-0.4, -0.2) is 43.1 Å². The summed E-state index contributed by atoms with van der Waals surface area (Å²) in [7, 11) is -3.14. The van der Waals surface area contributed by atoms with Crippen LogP contribution in [0, 0.1) is 11.2 Å². The van der Waals surface area contributed by atoms with Crippen molar-refractivity contribution in [1.29, 1.82) is 0 Å². The molecule has 4 rings (SSSR count). The van der Waals surface area contributed by atoms with Crippen LogP contribution in [0.15, 0.2) is 35.2 Å². The van der Waals surface area contributed by atoms with Gasteiger partial charge in [0.05, 0.1) is 12.5 Å². The molecule has 1 aromatic heterocycles. The molecule has 0 unspecified atom stereocenters. The van der Waals surface area contributed by atoms with Crippen LogP contribution in [0.25, 0.3) is 0 Å². The molecular formula is C18H22FN3O5S. The van der Waals surface area contributed by atoms with Crippen molar-refractivity contribution < 1.29 is 28.2 Å². The zero-order valence-electron chi connectivity index (χ0n) is 15.2. The van der Waals surface area contributed by atoms with E-state index < -0.39 is 21.9 Å². The number of hydrogen-bond acceptors (Lipinski definition) is 6. The maximum absolute atomic E-state index is 14.5. The van der Waals surface area contributed by atoms with E-state index in [2.05, 4.69) is 10.3 Å². The van der Waals surface area contributed by atoms with Gasteiger partial charge < -0.3 is 9.15 Å². The number of rotatable bonds is 5. The molecule has 0 bridgehead atoms. The number of oxazole rings is 1. The lowest BCUT2D eigenvalue weighted by Crippen LogP contribution is -2.62. The minimum atomic E-state index is -3.14. The average molecular weight is 411 g/mol. The summed E-state index contributed by atoms with van der Waals surface area (Å²) < 4.78 is 48.9. The Morgan fingerprint density at radius 1 is 1.46 bits per heavy atom. The van der Waals surface area contributed by atoms with Crippen molar-refractivity contribution in [2.24, 2.45) is 5.41 Å². The molecule has 28 heavy (non-hydrogen) atoms. The second-order valence-electron chi connectivity index (χ2n) is 7.54. The lowest BCUT2D eigenvalue weighted by molar-refractivity contribution is -0.0260. The van der Waals surface area contributed by atoms with E-state index in [1.165, 1.54) is 29.2 Å². The number of nitrogens with one attached hydrogen (secondary N) is 1. The monoisotopic (exact) mass is 411 g/mol. The molecule has 2 aliphatic rings. The molecule has 1 amide bonds. The minimum Gasteiger partial charge on any atom is -0.445 e. The first-order chi connectivity index (χ1) is 13.2. The number of ether oxygens (including phenoxy) is 1. The van der Waals surface area contributed by atoms with Crippen molar-refractivity contribution in [3.05, 3.63) is 47.9 Å². The number of carbonyl (C=O) groups is 1. The van der Waals surface area contributed by atoms with Gasteiger partial charge in [-0.1, -0.05) is 6.07 Å². The Bertz CT molecular complexity index is 985. The summed E-state index contributed by atoms with van der Waals surface area (Å²) in [6.07, 6.45) is 4.69. The number of carbonyl (C=O) groups excluding carboxylic acids is 1. The number of amides is 1.